The highest BCUT2D eigenvalue weighted by Crippen LogP contribution is 2.40. The molecule has 0 radical (unpaired) electrons. The number of nitrogens with zero attached hydrogens (tertiary/aromatic N) is 5. The Morgan fingerprint density at radius 2 is 2.15 bits per heavy atom. The number of thioether (sulfide) groups is 1. The van der Waals surface area contributed by atoms with Crippen LogP contribution in [-0.2, 0) is 25.8 Å². The minimum Gasteiger partial charge on any atom is -0.477 e. The summed E-state index contributed by atoms with van der Waals surface area (Å²) in [5.41, 5.74) is 5.94. The summed E-state index contributed by atoms with van der Waals surface area (Å²) in [7, 11) is 0. The summed E-state index contributed by atoms with van der Waals surface area (Å²) in [6.45, 7) is 2.24. The van der Waals surface area contributed by atoms with Gasteiger partial charge in [0.2, 0.25) is 11.5 Å². The van der Waals surface area contributed by atoms with Crippen molar-refractivity contribution >= 4 is 51.9 Å². The number of β-lactam (4-membered cyclic amide) rings is 1. The number of pyridine rings is 1. The van der Waals surface area contributed by atoms with Gasteiger partial charge in [-0.1, -0.05) is 11.2 Å². The first-order valence-electron chi connectivity index (χ1n) is 9.85. The van der Waals surface area contributed by atoms with Crippen LogP contribution in [0.1, 0.15) is 12.7 Å². The number of oxime groups is 1. The number of nitrogens with two attached hydrogens (primary N) is 1. The molecule has 0 saturated carbocycles. The zero-order valence-electron chi connectivity index (χ0n) is 17.4. The lowest BCUT2D eigenvalue weighted by Crippen LogP contribution is -2.71. The number of nitrogens with one attached hydrogen (secondary N) is 1. The molecule has 4 N–H and O–H groups in total. The van der Waals surface area contributed by atoms with Crippen molar-refractivity contribution < 1.29 is 28.9 Å². The van der Waals surface area contributed by atoms with Gasteiger partial charge in [-0.3, -0.25) is 14.5 Å². The molecule has 1 fully saturated rings. The Morgan fingerprint density at radius 3 is 2.79 bits per heavy atom. The van der Waals surface area contributed by atoms with Crippen molar-refractivity contribution in [2.75, 3.05) is 18.1 Å². The van der Waals surface area contributed by atoms with Crippen LogP contribution in [0.2, 0.25) is 0 Å². The maximum absolute atomic E-state index is 12.9. The van der Waals surface area contributed by atoms with Crippen molar-refractivity contribution in [2.24, 2.45) is 5.16 Å². The Balaban J connectivity index is 1.53. The van der Waals surface area contributed by atoms with E-state index in [4.69, 9.17) is 10.6 Å². The fourth-order valence-electron chi connectivity index (χ4n) is 3.42. The van der Waals surface area contributed by atoms with Crippen molar-refractivity contribution in [2.45, 2.75) is 24.9 Å². The maximum atomic E-state index is 12.9. The number of fused-ring (bicyclic) bond motifs is 1. The summed E-state index contributed by atoms with van der Waals surface area (Å²) in [4.78, 5) is 47.9. The van der Waals surface area contributed by atoms with E-state index in [1.54, 1.807) is 6.92 Å². The average Bonchev–Trinajstić information content (AvgIpc) is 3.23. The number of carboxylic acids is 1. The SMILES string of the molecule is CCON=C(C(=O)NC1C(=O)N2C(C(=O)O)=C(C[n+]3ccccc3)CS[C@H]12)c1nsc(N)n1. The van der Waals surface area contributed by atoms with Crippen LogP contribution >= 0.6 is 23.3 Å². The molecule has 0 bridgehead atoms. The second-order valence-electron chi connectivity index (χ2n) is 6.98. The molecule has 4 rings (SSSR count). The Kier molecular flexibility index (Phi) is 6.55. The first-order valence-corrected chi connectivity index (χ1v) is 11.7. The lowest BCUT2D eigenvalue weighted by Gasteiger charge is -2.49. The summed E-state index contributed by atoms with van der Waals surface area (Å²) in [5, 5.41) is 15.8. The van der Waals surface area contributed by atoms with Crippen LogP contribution in [0.25, 0.3) is 0 Å². The molecule has 4 heterocycles. The van der Waals surface area contributed by atoms with Gasteiger partial charge in [-0.15, -0.1) is 11.8 Å². The molecule has 172 valence electrons. The molecule has 0 aromatic carbocycles. The third-order valence-corrected chi connectivity index (χ3v) is 6.72. The molecule has 2 aliphatic rings. The average molecular weight is 491 g/mol. The Bertz CT molecular complexity index is 1150. The number of aromatic nitrogens is 3. The van der Waals surface area contributed by atoms with Crippen LogP contribution in [-0.4, -0.2) is 66.6 Å². The molecular formula is C19H20N7O5S2+. The van der Waals surface area contributed by atoms with Crippen molar-refractivity contribution in [3.8, 4) is 0 Å². The largest absolute Gasteiger partial charge is 0.477 e. The van der Waals surface area contributed by atoms with Crippen molar-refractivity contribution in [3.63, 3.8) is 0 Å². The zero-order chi connectivity index (χ0) is 23.5. The number of hydrogen-bond donors (Lipinski definition) is 3. The standard InChI is InChI=1S/C19H19N7O5S2/c1-2-31-23-11(14-22-19(20)33-24-14)15(27)21-12-16(28)26-13(18(29)30)10(9-32-17(12)26)8-25-6-4-3-5-7-25/h3-7,12,17H,2,8-9H2,1H3,(H3-,20,21,22,24,27,29,30)/p+1/t12?,17-/m1/s1. The van der Waals surface area contributed by atoms with E-state index in [0.717, 1.165) is 11.5 Å². The molecule has 2 atom stereocenters. The number of carbonyl (C=O) groups excluding carboxylic acids is 2. The van der Waals surface area contributed by atoms with E-state index < -0.39 is 29.2 Å². The lowest BCUT2D eigenvalue weighted by molar-refractivity contribution is -0.689. The van der Waals surface area contributed by atoms with E-state index in [2.05, 4.69) is 19.8 Å². The predicted octanol–water partition coefficient (Wildman–Crippen LogP) is -0.413. The van der Waals surface area contributed by atoms with Gasteiger partial charge in [0.25, 0.3) is 11.8 Å². The zero-order valence-corrected chi connectivity index (χ0v) is 19.0. The summed E-state index contributed by atoms with van der Waals surface area (Å²) in [5.74, 6) is -2.04. The summed E-state index contributed by atoms with van der Waals surface area (Å²) >= 11 is 2.27. The van der Waals surface area contributed by atoms with Gasteiger partial charge in [0, 0.05) is 35.0 Å². The molecule has 2 aromatic rings. The van der Waals surface area contributed by atoms with Crippen molar-refractivity contribution in [1.29, 1.82) is 0 Å². The molecule has 2 amide bonds. The van der Waals surface area contributed by atoms with E-state index >= 15 is 0 Å². The Hall–Kier alpha value is -3.52. The third kappa shape index (κ3) is 4.52. The number of rotatable bonds is 8. The first kappa shape index (κ1) is 22.7. The quantitative estimate of drug-likeness (QED) is 0.193. The highest BCUT2D eigenvalue weighted by Gasteiger charge is 2.54. The van der Waals surface area contributed by atoms with E-state index in [1.165, 1.54) is 16.7 Å². The van der Waals surface area contributed by atoms with Gasteiger partial charge < -0.3 is 21.0 Å². The molecule has 14 heteroatoms. The molecule has 0 spiro atoms. The minimum atomic E-state index is -1.19. The summed E-state index contributed by atoms with van der Waals surface area (Å²) in [6, 6.07) is 4.61. The summed E-state index contributed by atoms with van der Waals surface area (Å²) < 4.78 is 5.81. The molecule has 1 saturated heterocycles. The Morgan fingerprint density at radius 1 is 1.39 bits per heavy atom. The van der Waals surface area contributed by atoms with Crippen LogP contribution in [0.15, 0.2) is 47.0 Å². The van der Waals surface area contributed by atoms with Gasteiger partial charge in [0.1, 0.15) is 23.7 Å². The third-order valence-electron chi connectivity index (χ3n) is 4.84. The number of amides is 2. The van der Waals surface area contributed by atoms with Gasteiger partial charge >= 0.3 is 5.97 Å². The number of carboxylic acid groups (broad SMARTS) is 1. The fourth-order valence-corrected chi connectivity index (χ4v) is 5.19. The van der Waals surface area contributed by atoms with Crippen LogP contribution in [0, 0.1) is 0 Å². The Labute approximate surface area is 196 Å². The number of anilines is 1. The molecule has 1 unspecified atom stereocenters. The van der Waals surface area contributed by atoms with Gasteiger partial charge in [0.15, 0.2) is 24.1 Å². The van der Waals surface area contributed by atoms with Crippen LogP contribution in [0.5, 0.6) is 0 Å². The molecule has 12 nitrogen and oxygen atoms in total. The van der Waals surface area contributed by atoms with Gasteiger partial charge in [-0.2, -0.15) is 9.36 Å². The first-order chi connectivity index (χ1) is 15.9. The van der Waals surface area contributed by atoms with Gasteiger partial charge in [0.05, 0.1) is 0 Å². The van der Waals surface area contributed by atoms with Crippen molar-refractivity contribution in [3.05, 3.63) is 47.7 Å². The molecular weight excluding hydrogens is 470 g/mol. The molecule has 0 aliphatic carbocycles. The fraction of sp³-hybridized carbons (Fsp3) is 0.316. The highest BCUT2D eigenvalue weighted by atomic mass is 32.2. The molecule has 33 heavy (non-hydrogen) atoms. The number of aliphatic carboxylic acids is 1. The maximum Gasteiger partial charge on any atom is 0.352 e. The second kappa shape index (κ2) is 9.54. The topological polar surface area (TPSA) is 164 Å². The van der Waals surface area contributed by atoms with E-state index in [1.807, 2.05) is 35.2 Å². The number of nitrogen functional groups attached to an aromatic ring is 1. The normalized spacial score (nSPS) is 20.2. The molecule has 2 aliphatic heterocycles. The van der Waals surface area contributed by atoms with Crippen molar-refractivity contribution in [1.82, 2.24) is 19.6 Å². The van der Waals surface area contributed by atoms with E-state index in [9.17, 15) is 19.5 Å². The minimum absolute atomic E-state index is 0.0170. The van der Waals surface area contributed by atoms with Crippen LogP contribution < -0.4 is 15.6 Å². The summed E-state index contributed by atoms with van der Waals surface area (Å²) in [6.07, 6.45) is 3.64. The number of carbonyl (C=O) groups is 3. The van der Waals surface area contributed by atoms with Crippen LogP contribution in [0.3, 0.4) is 0 Å². The van der Waals surface area contributed by atoms with Crippen LogP contribution in [0.4, 0.5) is 5.13 Å². The number of hydrogen-bond acceptors (Lipinski definition) is 10. The lowest BCUT2D eigenvalue weighted by atomic mass is 10.0. The second-order valence-corrected chi connectivity index (χ2v) is 8.87. The van der Waals surface area contributed by atoms with E-state index in [0.29, 0.717) is 17.9 Å². The van der Waals surface area contributed by atoms with Gasteiger partial charge in [-0.25, -0.2) is 9.36 Å². The predicted molar refractivity (Wildman–Crippen MR) is 119 cm³/mol. The monoisotopic (exact) mass is 490 g/mol. The molecule has 2 aromatic heterocycles. The van der Waals surface area contributed by atoms with E-state index in [-0.39, 0.29) is 29.0 Å². The highest BCUT2D eigenvalue weighted by molar-refractivity contribution is 8.00. The smallest absolute Gasteiger partial charge is 0.352 e. The van der Waals surface area contributed by atoms with Gasteiger partial charge in [-0.05, 0) is 6.92 Å².